The molecule has 0 saturated heterocycles. The van der Waals surface area contributed by atoms with Crippen LogP contribution in [0.1, 0.15) is 33.1 Å². The van der Waals surface area contributed by atoms with E-state index in [1.54, 1.807) is 0 Å². The van der Waals surface area contributed by atoms with Crippen LogP contribution in [-0.2, 0) is 4.79 Å². The molecule has 0 aromatic rings. The molecule has 5 N–H and O–H groups in total. The molecule has 1 aliphatic carbocycles. The minimum absolute atomic E-state index is 0.00615. The number of aliphatic imine (C=N–C) groups is 1. The Morgan fingerprint density at radius 1 is 1.36 bits per heavy atom. The largest absolute Gasteiger partial charge is 0.418 e. The van der Waals surface area contributed by atoms with Crippen LogP contribution < -0.4 is 11.5 Å². The molecule has 0 spiro atoms. The van der Waals surface area contributed by atoms with Crippen molar-refractivity contribution in [3.05, 3.63) is 0 Å². The summed E-state index contributed by atoms with van der Waals surface area (Å²) in [5, 5.41) is 10.3. The zero-order chi connectivity index (χ0) is 20.1. The van der Waals surface area contributed by atoms with Gasteiger partial charge >= 0.3 is 6.18 Å². The third kappa shape index (κ3) is 4.37. The van der Waals surface area contributed by atoms with E-state index in [1.807, 2.05) is 0 Å². The van der Waals surface area contributed by atoms with E-state index >= 15 is 0 Å². The van der Waals surface area contributed by atoms with Crippen LogP contribution >= 0.6 is 11.8 Å². The first-order valence-electron chi connectivity index (χ1n) is 7.77. The van der Waals surface area contributed by atoms with E-state index in [0.717, 1.165) is 37.9 Å². The number of nitrogens with two attached hydrogens (primary N) is 2. The maximum atomic E-state index is 13.0. The first-order chi connectivity index (χ1) is 11.5. The molecule has 5 nitrogen and oxygen atoms in total. The molecule has 144 valence electrons. The van der Waals surface area contributed by atoms with Crippen LogP contribution in [0.4, 0.5) is 13.2 Å². The summed E-state index contributed by atoms with van der Waals surface area (Å²) in [4.78, 5) is 15.8. The highest BCUT2D eigenvalue weighted by Gasteiger charge is 2.67. The van der Waals surface area contributed by atoms with Gasteiger partial charge in [-0.15, -0.1) is 12.8 Å². The summed E-state index contributed by atoms with van der Waals surface area (Å²) in [6, 6.07) is 0. The topological polar surface area (TPSA) is 102 Å². The van der Waals surface area contributed by atoms with Gasteiger partial charge in [-0.05, 0) is 52.6 Å². The molecular weight excluding hydrogens is 355 g/mol. The number of hydrogen-bond acceptors (Lipinski definition) is 5. The Morgan fingerprint density at radius 3 is 2.24 bits per heavy atom. The summed E-state index contributed by atoms with van der Waals surface area (Å²) in [7, 11) is 1.50. The van der Waals surface area contributed by atoms with Crippen molar-refractivity contribution in [3.8, 4) is 12.8 Å². The van der Waals surface area contributed by atoms with Gasteiger partial charge < -0.3 is 16.6 Å². The monoisotopic (exact) mass is 381 g/mol. The summed E-state index contributed by atoms with van der Waals surface area (Å²) in [6.45, 7) is 2.25. The third-order valence-electron chi connectivity index (χ3n) is 4.68. The van der Waals surface area contributed by atoms with Crippen LogP contribution in [0.3, 0.4) is 0 Å². The molecule has 4 atom stereocenters. The standard InChI is InChI=1S/C13H19F3N2O2S.C2H2.CH5N/c1-11(12(2,20)13(14,15)16)10(19)18-9(21-11)8-4-3-7(8)5-6-17;2*1-2/h7-8,20H,3-6,17H2,1-2H3;1-2H;2H2,1H3. The highest BCUT2D eigenvalue weighted by molar-refractivity contribution is 8.16. The number of aliphatic hydroxyl groups is 1. The van der Waals surface area contributed by atoms with Crippen LogP contribution in [0.15, 0.2) is 4.99 Å². The minimum atomic E-state index is -4.90. The molecule has 4 unspecified atom stereocenters. The Hall–Kier alpha value is -1.08. The molecule has 1 saturated carbocycles. The molecule has 1 heterocycles. The molecule has 1 amide bonds. The van der Waals surface area contributed by atoms with Gasteiger partial charge in [0.25, 0.3) is 5.91 Å². The van der Waals surface area contributed by atoms with E-state index in [-0.39, 0.29) is 11.8 Å². The van der Waals surface area contributed by atoms with E-state index < -0.39 is 22.4 Å². The lowest BCUT2D eigenvalue weighted by molar-refractivity contribution is -0.260. The summed E-state index contributed by atoms with van der Waals surface area (Å²) in [5.74, 6) is -0.649. The van der Waals surface area contributed by atoms with Crippen LogP contribution in [0.5, 0.6) is 0 Å². The maximum Gasteiger partial charge on any atom is 0.418 e. The fraction of sp³-hybridized carbons (Fsp3) is 0.750. The molecule has 0 aromatic carbocycles. The number of hydrogen-bond donors (Lipinski definition) is 3. The molecule has 0 aromatic heterocycles. The summed E-state index contributed by atoms with van der Waals surface area (Å²) >= 11 is 0.758. The molecule has 0 bridgehead atoms. The summed E-state index contributed by atoms with van der Waals surface area (Å²) in [6.07, 6.45) is 5.62. The number of thioether (sulfide) groups is 1. The number of rotatable bonds is 4. The number of halogens is 3. The van der Waals surface area contributed by atoms with Gasteiger partial charge in [-0.25, -0.2) is 4.99 Å². The highest BCUT2D eigenvalue weighted by Crippen LogP contribution is 2.53. The normalized spacial score (nSPS) is 30.7. The molecule has 1 aliphatic heterocycles. The van der Waals surface area contributed by atoms with Crippen LogP contribution in [0, 0.1) is 24.7 Å². The first kappa shape index (κ1) is 23.9. The third-order valence-corrected chi connectivity index (χ3v) is 6.27. The summed E-state index contributed by atoms with van der Waals surface area (Å²) in [5.41, 5.74) is 6.88. The first-order valence-corrected chi connectivity index (χ1v) is 8.58. The SMILES string of the molecule is C#C.CC1(C(C)(O)C(F)(F)F)SC(C2CCC2CCN)=NC1=O.CN. The number of carbonyl (C=O) groups excluding carboxylic acids is 1. The predicted molar refractivity (Wildman–Crippen MR) is 95.0 cm³/mol. The van der Waals surface area contributed by atoms with E-state index in [4.69, 9.17) is 5.73 Å². The lowest BCUT2D eigenvalue weighted by Crippen LogP contribution is -2.60. The Labute approximate surface area is 150 Å². The molecule has 25 heavy (non-hydrogen) atoms. The second-order valence-corrected chi connectivity index (χ2v) is 7.42. The predicted octanol–water partition coefficient (Wildman–Crippen LogP) is 1.93. The van der Waals surface area contributed by atoms with Crippen LogP contribution in [0.25, 0.3) is 0 Å². The zero-order valence-electron chi connectivity index (χ0n) is 14.6. The number of carbonyl (C=O) groups is 1. The van der Waals surface area contributed by atoms with Crippen molar-refractivity contribution in [1.29, 1.82) is 0 Å². The smallest absolute Gasteiger partial charge is 0.379 e. The van der Waals surface area contributed by atoms with E-state index in [9.17, 15) is 23.1 Å². The fourth-order valence-corrected chi connectivity index (χ4v) is 4.13. The van der Waals surface area contributed by atoms with Gasteiger partial charge in [0.05, 0.1) is 5.04 Å². The van der Waals surface area contributed by atoms with E-state index in [1.165, 1.54) is 7.05 Å². The van der Waals surface area contributed by atoms with Gasteiger partial charge in [-0.3, -0.25) is 4.79 Å². The number of alkyl halides is 3. The zero-order valence-corrected chi connectivity index (χ0v) is 15.5. The number of nitrogens with zero attached hydrogens (tertiary/aromatic N) is 1. The Balaban J connectivity index is 0.00000134. The van der Waals surface area contributed by atoms with Gasteiger partial charge in [0.2, 0.25) is 0 Å². The Kier molecular flexibility index (Phi) is 8.64. The molecule has 2 aliphatic rings. The van der Waals surface area contributed by atoms with Crippen LogP contribution in [0.2, 0.25) is 0 Å². The molecule has 2 rings (SSSR count). The van der Waals surface area contributed by atoms with Crippen LogP contribution in [-0.4, -0.2) is 46.2 Å². The average Bonchev–Trinajstić information content (AvgIpc) is 2.83. The Bertz CT molecular complexity index is 520. The lowest BCUT2D eigenvalue weighted by atomic mass is 9.72. The van der Waals surface area contributed by atoms with Crippen molar-refractivity contribution in [2.45, 2.75) is 49.6 Å². The number of amides is 1. The van der Waals surface area contributed by atoms with Crippen molar-refractivity contribution in [2.24, 2.45) is 28.3 Å². The van der Waals surface area contributed by atoms with Crippen molar-refractivity contribution in [2.75, 3.05) is 13.6 Å². The van der Waals surface area contributed by atoms with Crippen molar-refractivity contribution in [3.63, 3.8) is 0 Å². The fourth-order valence-electron chi connectivity index (χ4n) is 2.67. The molecular formula is C16H26F3N3O2S. The molecule has 9 heteroatoms. The van der Waals surface area contributed by atoms with Gasteiger partial charge in [-0.2, -0.15) is 13.2 Å². The maximum absolute atomic E-state index is 13.0. The second-order valence-electron chi connectivity index (χ2n) is 5.98. The highest BCUT2D eigenvalue weighted by atomic mass is 32.2. The molecule has 1 fully saturated rings. The average molecular weight is 381 g/mol. The van der Waals surface area contributed by atoms with E-state index in [0.29, 0.717) is 18.5 Å². The van der Waals surface area contributed by atoms with Gasteiger partial charge in [0.15, 0.2) is 5.60 Å². The van der Waals surface area contributed by atoms with Gasteiger partial charge in [0.1, 0.15) is 4.75 Å². The van der Waals surface area contributed by atoms with Crippen molar-refractivity contribution >= 4 is 22.7 Å². The number of terminal acetylenes is 1. The van der Waals surface area contributed by atoms with Gasteiger partial charge in [0, 0.05) is 5.92 Å². The lowest BCUT2D eigenvalue weighted by Gasteiger charge is -2.40. The summed E-state index contributed by atoms with van der Waals surface area (Å²) < 4.78 is 37.1. The van der Waals surface area contributed by atoms with Crippen molar-refractivity contribution in [1.82, 2.24) is 0 Å². The Morgan fingerprint density at radius 2 is 1.88 bits per heavy atom. The minimum Gasteiger partial charge on any atom is -0.379 e. The quantitative estimate of drug-likeness (QED) is 0.646. The van der Waals surface area contributed by atoms with E-state index in [2.05, 4.69) is 23.6 Å². The molecule has 0 radical (unpaired) electrons. The van der Waals surface area contributed by atoms with Gasteiger partial charge in [-0.1, -0.05) is 11.8 Å². The van der Waals surface area contributed by atoms with Crippen molar-refractivity contribution < 1.29 is 23.1 Å². The second kappa shape index (κ2) is 9.03.